The fraction of sp³-hybridized carbons (Fsp3) is 0.500. The third kappa shape index (κ3) is 2.59. The molecular weight excluding hydrogens is 248 g/mol. The van der Waals surface area contributed by atoms with E-state index in [0.29, 0.717) is 0 Å². The lowest BCUT2D eigenvalue weighted by Gasteiger charge is -2.17. The minimum Gasteiger partial charge on any atom is -0.465 e. The summed E-state index contributed by atoms with van der Waals surface area (Å²) < 4.78 is 7.62. The number of aryl methyl sites for hydroxylation is 2. The largest absolute Gasteiger partial charge is 0.465 e. The van der Waals surface area contributed by atoms with E-state index >= 15 is 0 Å². The first-order valence-corrected chi connectivity index (χ1v) is 6.71. The number of nitrogens with zero attached hydrogens (tertiary/aromatic N) is 3. The highest BCUT2D eigenvalue weighted by Crippen LogP contribution is 2.36. The van der Waals surface area contributed by atoms with Crippen LogP contribution in [0.15, 0.2) is 21.7 Å². The van der Waals surface area contributed by atoms with Gasteiger partial charge in [-0.25, -0.2) is 0 Å². The summed E-state index contributed by atoms with van der Waals surface area (Å²) in [5, 5.41) is 9.09. The lowest BCUT2D eigenvalue weighted by molar-refractivity contribution is 0.464. The Balaban J connectivity index is 2.24. The van der Waals surface area contributed by atoms with E-state index in [-0.39, 0.29) is 11.3 Å². The van der Waals surface area contributed by atoms with Crippen LogP contribution in [0.25, 0.3) is 0 Å². The van der Waals surface area contributed by atoms with E-state index in [1.807, 2.05) is 44.5 Å². The predicted molar refractivity (Wildman–Crippen MR) is 71.4 cm³/mol. The molecule has 0 bridgehead atoms. The Morgan fingerprint density at radius 1 is 1.33 bits per heavy atom. The average Bonchev–Trinajstić information content (AvgIpc) is 2.85. The molecule has 0 aliphatic heterocycles. The van der Waals surface area contributed by atoms with E-state index in [4.69, 9.17) is 10.2 Å². The summed E-state index contributed by atoms with van der Waals surface area (Å²) in [6.45, 7) is 5.83. The van der Waals surface area contributed by atoms with Gasteiger partial charge in [0.2, 0.25) is 0 Å². The second kappa shape index (κ2) is 5.16. The first-order chi connectivity index (χ1) is 8.49. The molecule has 2 atom stereocenters. The molecule has 2 aromatic rings. The maximum absolute atomic E-state index is 6.04. The minimum absolute atomic E-state index is 0.0300. The van der Waals surface area contributed by atoms with Crippen LogP contribution in [0.4, 0.5) is 0 Å². The Hall–Kier alpha value is -1.27. The first kappa shape index (κ1) is 13.2. The van der Waals surface area contributed by atoms with Gasteiger partial charge < -0.3 is 14.7 Å². The van der Waals surface area contributed by atoms with Gasteiger partial charge in [0, 0.05) is 13.1 Å². The molecule has 2 N–H and O–H groups in total. The molecule has 2 unspecified atom stereocenters. The molecule has 0 amide bonds. The molecule has 2 heterocycles. The molecule has 2 rings (SSSR count). The molecule has 0 aliphatic carbocycles. The molecule has 6 heteroatoms. The van der Waals surface area contributed by atoms with Crippen molar-refractivity contribution < 1.29 is 4.42 Å². The average molecular weight is 266 g/mol. The van der Waals surface area contributed by atoms with E-state index in [0.717, 1.165) is 22.5 Å². The molecule has 18 heavy (non-hydrogen) atoms. The number of rotatable bonds is 4. The molecule has 0 aliphatic rings. The highest BCUT2D eigenvalue weighted by Gasteiger charge is 2.23. The Bertz CT molecular complexity index is 532. The van der Waals surface area contributed by atoms with Crippen molar-refractivity contribution in [3.8, 4) is 0 Å². The van der Waals surface area contributed by atoms with Gasteiger partial charge in [0.05, 0.1) is 5.25 Å². The highest BCUT2D eigenvalue weighted by molar-refractivity contribution is 7.99. The second-order valence-electron chi connectivity index (χ2n) is 4.43. The topological polar surface area (TPSA) is 69.9 Å². The summed E-state index contributed by atoms with van der Waals surface area (Å²) in [5.41, 5.74) is 6.04. The molecule has 98 valence electrons. The van der Waals surface area contributed by atoms with Gasteiger partial charge in [0.1, 0.15) is 17.3 Å². The molecule has 2 aromatic heterocycles. The fourth-order valence-corrected chi connectivity index (χ4v) is 2.70. The smallest absolute Gasteiger partial charge is 0.191 e. The predicted octanol–water partition coefficient (Wildman–Crippen LogP) is 2.21. The zero-order valence-electron chi connectivity index (χ0n) is 11.0. The van der Waals surface area contributed by atoms with Crippen LogP contribution < -0.4 is 5.73 Å². The summed E-state index contributed by atoms with van der Waals surface area (Å²) in [6, 6.07) is 3.89. The molecule has 0 spiro atoms. The molecule has 0 saturated heterocycles. The number of furan rings is 1. The summed E-state index contributed by atoms with van der Waals surface area (Å²) in [4.78, 5) is 0. The van der Waals surface area contributed by atoms with Crippen molar-refractivity contribution in [2.24, 2.45) is 12.8 Å². The first-order valence-electron chi connectivity index (χ1n) is 5.83. The summed E-state index contributed by atoms with van der Waals surface area (Å²) in [6.07, 6.45) is 0. The Labute approximate surface area is 111 Å². The van der Waals surface area contributed by atoms with Crippen molar-refractivity contribution in [2.45, 2.75) is 37.2 Å². The standard InChI is InChI=1S/C12H18N4OS/c1-7-5-6-10(17-7)11(8(2)13)18-12-15-14-9(3)16(12)4/h5-6,8,11H,13H2,1-4H3. The SMILES string of the molecule is Cc1ccc(C(Sc2nnc(C)n2C)C(C)N)o1. The number of hydrogen-bond acceptors (Lipinski definition) is 5. The zero-order valence-corrected chi connectivity index (χ0v) is 11.9. The molecule has 5 nitrogen and oxygen atoms in total. The van der Waals surface area contributed by atoms with Crippen molar-refractivity contribution in [1.29, 1.82) is 0 Å². The van der Waals surface area contributed by atoms with Gasteiger partial charge in [-0.05, 0) is 32.9 Å². The Morgan fingerprint density at radius 3 is 2.50 bits per heavy atom. The number of aromatic nitrogens is 3. The van der Waals surface area contributed by atoms with E-state index in [2.05, 4.69) is 10.2 Å². The van der Waals surface area contributed by atoms with Crippen molar-refractivity contribution in [3.05, 3.63) is 29.5 Å². The molecule has 0 radical (unpaired) electrons. The van der Waals surface area contributed by atoms with Gasteiger partial charge in [0.15, 0.2) is 5.16 Å². The fourth-order valence-electron chi connectivity index (χ4n) is 1.63. The minimum atomic E-state index is -0.0300. The van der Waals surface area contributed by atoms with Crippen LogP contribution in [0.1, 0.15) is 29.5 Å². The van der Waals surface area contributed by atoms with E-state index in [1.54, 1.807) is 11.8 Å². The van der Waals surface area contributed by atoms with Gasteiger partial charge in [-0.1, -0.05) is 11.8 Å². The lowest BCUT2D eigenvalue weighted by atomic mass is 10.2. The highest BCUT2D eigenvalue weighted by atomic mass is 32.2. The van der Waals surface area contributed by atoms with Crippen LogP contribution in [0.2, 0.25) is 0 Å². The summed E-state index contributed by atoms with van der Waals surface area (Å²) >= 11 is 1.58. The van der Waals surface area contributed by atoms with Gasteiger partial charge in [-0.15, -0.1) is 10.2 Å². The van der Waals surface area contributed by atoms with Crippen LogP contribution in [0, 0.1) is 13.8 Å². The van der Waals surface area contributed by atoms with E-state index < -0.39 is 0 Å². The number of hydrogen-bond donors (Lipinski definition) is 1. The van der Waals surface area contributed by atoms with Gasteiger partial charge >= 0.3 is 0 Å². The van der Waals surface area contributed by atoms with Crippen molar-refractivity contribution in [2.75, 3.05) is 0 Å². The maximum Gasteiger partial charge on any atom is 0.191 e. The van der Waals surface area contributed by atoms with Crippen LogP contribution >= 0.6 is 11.8 Å². The van der Waals surface area contributed by atoms with Crippen LogP contribution in [0.3, 0.4) is 0 Å². The van der Waals surface area contributed by atoms with Crippen LogP contribution in [-0.2, 0) is 7.05 Å². The van der Waals surface area contributed by atoms with Gasteiger partial charge in [-0.3, -0.25) is 0 Å². The summed E-state index contributed by atoms with van der Waals surface area (Å²) in [5.74, 6) is 2.66. The van der Waals surface area contributed by atoms with Gasteiger partial charge in [-0.2, -0.15) is 0 Å². The monoisotopic (exact) mass is 266 g/mol. The van der Waals surface area contributed by atoms with E-state index in [1.165, 1.54) is 0 Å². The molecule has 0 fully saturated rings. The maximum atomic E-state index is 6.04. The third-order valence-corrected chi connectivity index (χ3v) is 4.29. The second-order valence-corrected chi connectivity index (χ2v) is 5.54. The van der Waals surface area contributed by atoms with Crippen molar-refractivity contribution >= 4 is 11.8 Å². The molecule has 0 aromatic carbocycles. The van der Waals surface area contributed by atoms with Crippen LogP contribution in [-0.4, -0.2) is 20.8 Å². The number of nitrogens with two attached hydrogens (primary N) is 1. The number of thioether (sulfide) groups is 1. The normalized spacial score (nSPS) is 14.7. The zero-order chi connectivity index (χ0) is 13.3. The lowest BCUT2D eigenvalue weighted by Crippen LogP contribution is -2.22. The van der Waals surface area contributed by atoms with Crippen molar-refractivity contribution in [1.82, 2.24) is 14.8 Å². The third-order valence-electron chi connectivity index (χ3n) is 2.80. The van der Waals surface area contributed by atoms with Crippen molar-refractivity contribution in [3.63, 3.8) is 0 Å². The van der Waals surface area contributed by atoms with Gasteiger partial charge in [0.25, 0.3) is 0 Å². The molecular formula is C12H18N4OS. The quantitative estimate of drug-likeness (QED) is 0.859. The van der Waals surface area contributed by atoms with Crippen LogP contribution in [0.5, 0.6) is 0 Å². The van der Waals surface area contributed by atoms with E-state index in [9.17, 15) is 0 Å². The Morgan fingerprint density at radius 2 is 2.06 bits per heavy atom. The summed E-state index contributed by atoms with van der Waals surface area (Å²) in [7, 11) is 1.95. The Kier molecular flexibility index (Phi) is 3.77. The molecule has 0 saturated carbocycles.